The fraction of sp³-hybridized carbons (Fsp3) is 0.688. The highest BCUT2D eigenvalue weighted by Gasteiger charge is 2.26. The molecule has 0 rings (SSSR count). The highest BCUT2D eigenvalue weighted by Crippen LogP contribution is 2.07. The third-order valence-corrected chi connectivity index (χ3v) is 3.74. The van der Waals surface area contributed by atoms with Crippen LogP contribution in [-0.4, -0.2) is 46.6 Å². The summed E-state index contributed by atoms with van der Waals surface area (Å²) in [6.45, 7) is 6.96. The van der Waals surface area contributed by atoms with Crippen LogP contribution in [0.5, 0.6) is 0 Å². The van der Waals surface area contributed by atoms with E-state index in [1.165, 1.54) is 0 Å². The van der Waals surface area contributed by atoms with Gasteiger partial charge >= 0.3 is 5.97 Å². The Morgan fingerprint density at radius 1 is 0.792 bits per heavy atom. The van der Waals surface area contributed by atoms with Crippen molar-refractivity contribution in [3.05, 3.63) is 11.5 Å². The van der Waals surface area contributed by atoms with E-state index in [2.05, 4.69) is 16.0 Å². The van der Waals surface area contributed by atoms with Gasteiger partial charge < -0.3 is 26.2 Å². The number of hydrogen-bond acceptors (Lipinski definition) is 5. The lowest BCUT2D eigenvalue weighted by atomic mass is 10.1. The zero-order valence-corrected chi connectivity index (χ0v) is 14.8. The number of hydrogen-bond donors (Lipinski definition) is 5. The molecule has 2 amide bonds. The van der Waals surface area contributed by atoms with Gasteiger partial charge in [-0.2, -0.15) is 0 Å². The predicted octanol–water partition coefficient (Wildman–Crippen LogP) is 1.04. The maximum absolute atomic E-state index is 12.4. The predicted molar refractivity (Wildman–Crippen MR) is 90.3 cm³/mol. The summed E-state index contributed by atoms with van der Waals surface area (Å²) in [7, 11) is 0. The van der Waals surface area contributed by atoms with Crippen LogP contribution >= 0.6 is 0 Å². The number of aliphatic hydroxyl groups excluding tert-OH is 1. The van der Waals surface area contributed by atoms with Gasteiger partial charge in [0.25, 0.3) is 11.8 Å². The van der Waals surface area contributed by atoms with Gasteiger partial charge in [-0.3, -0.25) is 14.4 Å². The molecule has 0 saturated heterocycles. The summed E-state index contributed by atoms with van der Waals surface area (Å²) in [5.41, 5.74) is -0.505. The molecule has 0 spiro atoms. The van der Waals surface area contributed by atoms with Crippen molar-refractivity contribution in [2.24, 2.45) is 0 Å². The molecule has 0 aliphatic heterocycles. The van der Waals surface area contributed by atoms with Crippen LogP contribution in [0.4, 0.5) is 0 Å². The van der Waals surface area contributed by atoms with Crippen molar-refractivity contribution in [1.29, 1.82) is 0 Å². The second-order valence-corrected chi connectivity index (χ2v) is 5.44. The summed E-state index contributed by atoms with van der Waals surface area (Å²) >= 11 is 0. The lowest BCUT2D eigenvalue weighted by Crippen LogP contribution is -2.43. The molecule has 0 aliphatic carbocycles. The molecule has 0 unspecified atom stereocenters. The van der Waals surface area contributed by atoms with Gasteiger partial charge in [0, 0.05) is 12.1 Å². The lowest BCUT2D eigenvalue weighted by Gasteiger charge is -2.20. The quantitative estimate of drug-likeness (QED) is 0.165. The van der Waals surface area contributed by atoms with Crippen molar-refractivity contribution in [2.45, 2.75) is 65.5 Å². The summed E-state index contributed by atoms with van der Waals surface area (Å²) in [6, 6.07) is -0.242. The van der Waals surface area contributed by atoms with Crippen LogP contribution in [0.3, 0.4) is 0 Å². The van der Waals surface area contributed by atoms with E-state index in [1.807, 2.05) is 27.7 Å². The average molecular weight is 343 g/mol. The van der Waals surface area contributed by atoms with Crippen molar-refractivity contribution in [1.82, 2.24) is 16.0 Å². The van der Waals surface area contributed by atoms with E-state index in [0.717, 1.165) is 0 Å². The Hall–Kier alpha value is -2.25. The van der Waals surface area contributed by atoms with Crippen LogP contribution < -0.4 is 16.0 Å². The Kier molecular flexibility index (Phi) is 10.3. The number of amides is 2. The summed E-state index contributed by atoms with van der Waals surface area (Å²) in [5.74, 6) is -3.45. The van der Waals surface area contributed by atoms with Crippen LogP contribution in [0.2, 0.25) is 0 Å². The van der Waals surface area contributed by atoms with E-state index >= 15 is 0 Å². The third-order valence-electron chi connectivity index (χ3n) is 3.74. The van der Waals surface area contributed by atoms with E-state index < -0.39 is 35.8 Å². The normalized spacial score (nSPS) is 11.9. The van der Waals surface area contributed by atoms with Crippen LogP contribution in [0, 0.1) is 0 Å². The van der Waals surface area contributed by atoms with Crippen LogP contribution in [0.25, 0.3) is 0 Å². The molecule has 0 aromatic heterocycles. The fourth-order valence-electron chi connectivity index (χ4n) is 2.07. The van der Waals surface area contributed by atoms with Crippen molar-refractivity contribution >= 4 is 17.8 Å². The molecule has 0 saturated carbocycles. The first-order valence-electron chi connectivity index (χ1n) is 8.31. The van der Waals surface area contributed by atoms with E-state index in [9.17, 15) is 19.5 Å². The molecule has 8 heteroatoms. The molecule has 0 bridgehead atoms. The fourth-order valence-corrected chi connectivity index (χ4v) is 2.07. The summed E-state index contributed by atoms with van der Waals surface area (Å²) in [5, 5.41) is 26.4. The Morgan fingerprint density at radius 3 is 1.67 bits per heavy atom. The first kappa shape index (κ1) is 21.8. The van der Waals surface area contributed by atoms with E-state index in [-0.39, 0.29) is 12.1 Å². The molecule has 0 atom stereocenters. The number of carbonyl (C=O) groups excluding carboxylic acids is 2. The van der Waals surface area contributed by atoms with Crippen LogP contribution in [0.1, 0.15) is 53.4 Å². The van der Waals surface area contributed by atoms with Gasteiger partial charge in [-0.1, -0.05) is 27.7 Å². The van der Waals surface area contributed by atoms with E-state index in [4.69, 9.17) is 5.11 Å². The summed E-state index contributed by atoms with van der Waals surface area (Å²) < 4.78 is 0. The minimum Gasteiger partial charge on any atom is -0.494 e. The maximum atomic E-state index is 12.4. The number of aliphatic carboxylic acids is 1. The lowest BCUT2D eigenvalue weighted by molar-refractivity contribution is -0.138. The second-order valence-electron chi connectivity index (χ2n) is 5.44. The average Bonchev–Trinajstić information content (AvgIpc) is 2.55. The number of carboxylic acids is 1. The Morgan fingerprint density at radius 2 is 1.25 bits per heavy atom. The molecule has 138 valence electrons. The van der Waals surface area contributed by atoms with Gasteiger partial charge in [0.05, 0.1) is 0 Å². The molecule has 0 radical (unpaired) electrons. The summed E-state index contributed by atoms with van der Waals surface area (Å²) in [4.78, 5) is 35.1. The number of carbonyl (C=O) groups is 3. The minimum atomic E-state index is -1.24. The number of aliphatic hydroxyl groups is 1. The smallest absolute Gasteiger partial charge is 0.322 e. The highest BCUT2D eigenvalue weighted by atomic mass is 16.4. The van der Waals surface area contributed by atoms with Crippen LogP contribution in [-0.2, 0) is 14.4 Å². The molecule has 0 aliphatic rings. The zero-order valence-electron chi connectivity index (χ0n) is 14.8. The van der Waals surface area contributed by atoms with Gasteiger partial charge in [0.2, 0.25) is 5.88 Å². The molecule has 0 fully saturated rings. The molecule has 5 N–H and O–H groups in total. The molecule has 0 aromatic carbocycles. The third kappa shape index (κ3) is 7.34. The minimum absolute atomic E-state index is 0.103. The summed E-state index contributed by atoms with van der Waals surface area (Å²) in [6.07, 6.45) is 2.73. The topological polar surface area (TPSA) is 128 Å². The van der Waals surface area contributed by atoms with Gasteiger partial charge in [-0.05, 0) is 25.7 Å². The monoisotopic (exact) mass is 343 g/mol. The van der Waals surface area contributed by atoms with Crippen molar-refractivity contribution in [2.75, 3.05) is 6.54 Å². The largest absolute Gasteiger partial charge is 0.494 e. The Bertz CT molecular complexity index is 468. The van der Waals surface area contributed by atoms with Crippen molar-refractivity contribution in [3.63, 3.8) is 0 Å². The molecule has 0 aromatic rings. The van der Waals surface area contributed by atoms with Crippen LogP contribution in [0.15, 0.2) is 11.5 Å². The SMILES string of the molecule is CCC(CC)NC(=O)/C(C(=O)NCC(=O)O)=C(/O)NC(CC)CC. The first-order chi connectivity index (χ1) is 11.3. The Balaban J connectivity index is 5.43. The highest BCUT2D eigenvalue weighted by molar-refractivity contribution is 6.19. The molecular weight excluding hydrogens is 314 g/mol. The maximum Gasteiger partial charge on any atom is 0.322 e. The van der Waals surface area contributed by atoms with Gasteiger partial charge in [0.15, 0.2) is 5.57 Å². The van der Waals surface area contributed by atoms with E-state index in [1.54, 1.807) is 0 Å². The number of carboxylic acid groups (broad SMARTS) is 1. The number of nitrogens with one attached hydrogen (secondary N) is 3. The van der Waals surface area contributed by atoms with E-state index in [0.29, 0.717) is 25.7 Å². The van der Waals surface area contributed by atoms with Gasteiger partial charge in [0.1, 0.15) is 6.54 Å². The van der Waals surface area contributed by atoms with Gasteiger partial charge in [-0.15, -0.1) is 0 Å². The molecule has 24 heavy (non-hydrogen) atoms. The molecule has 8 nitrogen and oxygen atoms in total. The van der Waals surface area contributed by atoms with Crippen molar-refractivity contribution < 1.29 is 24.6 Å². The first-order valence-corrected chi connectivity index (χ1v) is 8.31. The second kappa shape index (κ2) is 11.3. The zero-order chi connectivity index (χ0) is 18.7. The number of rotatable bonds is 11. The van der Waals surface area contributed by atoms with Gasteiger partial charge in [-0.25, -0.2) is 0 Å². The van der Waals surface area contributed by atoms with Crippen molar-refractivity contribution in [3.8, 4) is 0 Å². The Labute approximate surface area is 142 Å². The molecule has 0 heterocycles. The molecular formula is C16H29N3O5. The standard InChI is InChI=1S/C16H29N3O5/c1-5-10(6-2)18-15(23)13(14(22)17-9-12(20)21)16(24)19-11(7-3)8-4/h10-11,18,23H,5-9H2,1-4H3,(H,17,22)(H,19,24)(H,20,21)/b15-13+.